The first-order chi connectivity index (χ1) is 12.8. The van der Waals surface area contributed by atoms with Gasteiger partial charge in [0.05, 0.1) is 5.52 Å². The largest absolute Gasteiger partial charge is 0.468 e. The average molecular weight is 381 g/mol. The number of nitrogens with zero attached hydrogens (tertiary/aromatic N) is 2. The number of halogens is 3. The number of hydrogen-bond acceptors (Lipinski definition) is 5. The first-order valence-electron chi connectivity index (χ1n) is 7.81. The van der Waals surface area contributed by atoms with E-state index in [0.717, 1.165) is 0 Å². The van der Waals surface area contributed by atoms with Crippen molar-refractivity contribution < 1.29 is 27.1 Å². The van der Waals surface area contributed by atoms with Crippen LogP contribution in [0.25, 0.3) is 11.1 Å². The van der Waals surface area contributed by atoms with Crippen LogP contribution >= 0.6 is 0 Å². The maximum atomic E-state index is 12.1. The Labute approximate surface area is 150 Å². The minimum atomic E-state index is -4.44. The van der Waals surface area contributed by atoms with Crippen molar-refractivity contribution in [3.63, 3.8) is 0 Å². The summed E-state index contributed by atoms with van der Waals surface area (Å²) in [5.41, 5.74) is 1.45. The van der Waals surface area contributed by atoms with Crippen molar-refractivity contribution in [2.24, 2.45) is 0 Å². The molecule has 0 aliphatic heterocycles. The summed E-state index contributed by atoms with van der Waals surface area (Å²) in [5.74, 6) is -1.24. The van der Waals surface area contributed by atoms with Crippen LogP contribution in [0.15, 0.2) is 51.8 Å². The van der Waals surface area contributed by atoms with E-state index in [2.05, 4.69) is 15.0 Å². The molecule has 0 saturated heterocycles. The van der Waals surface area contributed by atoms with Crippen molar-refractivity contribution in [2.75, 3.05) is 6.61 Å². The van der Waals surface area contributed by atoms with Gasteiger partial charge in [-0.2, -0.15) is 13.2 Å². The monoisotopic (exact) mass is 381 g/mol. The predicted molar refractivity (Wildman–Crippen MR) is 88.1 cm³/mol. The summed E-state index contributed by atoms with van der Waals surface area (Å²) < 4.78 is 47.0. The number of ether oxygens (including phenoxy) is 1. The van der Waals surface area contributed by atoms with E-state index in [1.54, 1.807) is 24.3 Å². The molecule has 27 heavy (non-hydrogen) atoms. The van der Waals surface area contributed by atoms with Gasteiger partial charge in [0.2, 0.25) is 11.8 Å². The second-order valence-corrected chi connectivity index (χ2v) is 5.61. The van der Waals surface area contributed by atoms with E-state index in [1.807, 2.05) is 0 Å². The number of aromatic nitrogens is 2. The number of pyridine rings is 1. The number of fused-ring (bicyclic) bond motifs is 1. The third-order valence-corrected chi connectivity index (χ3v) is 3.55. The highest BCUT2D eigenvalue weighted by Crippen LogP contribution is 2.17. The Hall–Kier alpha value is -3.30. The molecule has 3 aromatic rings. The number of hydrogen-bond donors (Lipinski definition) is 1. The number of rotatable bonds is 6. The summed E-state index contributed by atoms with van der Waals surface area (Å²) in [5, 5.41) is 2.60. The molecule has 1 aromatic carbocycles. The molecule has 0 aliphatic rings. The van der Waals surface area contributed by atoms with Gasteiger partial charge in [-0.15, -0.1) is 0 Å². The summed E-state index contributed by atoms with van der Waals surface area (Å²) in [6.45, 7) is -1.56. The number of benzene rings is 1. The summed E-state index contributed by atoms with van der Waals surface area (Å²) in [7, 11) is 0. The Bertz CT molecular complexity index is 993. The molecule has 1 N–H and O–H groups in total. The first kappa shape index (κ1) is 18.5. The fraction of sp³-hybridized carbons (Fsp3) is 0.235. The molecule has 0 aliphatic carbocycles. The molecule has 1 amide bonds. The van der Waals surface area contributed by atoms with Crippen LogP contribution in [0.5, 0.6) is 5.88 Å². The summed E-state index contributed by atoms with van der Waals surface area (Å²) >= 11 is 0. The van der Waals surface area contributed by atoms with E-state index in [9.17, 15) is 22.8 Å². The number of carbonyl (C=O) groups is 1. The molecule has 0 spiro atoms. The fourth-order valence-electron chi connectivity index (χ4n) is 2.32. The minimum Gasteiger partial charge on any atom is -0.468 e. The second-order valence-electron chi connectivity index (χ2n) is 5.61. The van der Waals surface area contributed by atoms with Crippen molar-refractivity contribution in [2.45, 2.75) is 19.3 Å². The molecule has 0 radical (unpaired) electrons. The molecule has 2 heterocycles. The number of amides is 1. The molecule has 0 atom stereocenters. The van der Waals surface area contributed by atoms with Gasteiger partial charge < -0.3 is 14.5 Å². The SMILES string of the molecule is O=C(Cn1c(=O)oc2ccccc21)NCc1ccc(OCC(F)(F)F)nc1. The summed E-state index contributed by atoms with van der Waals surface area (Å²) in [4.78, 5) is 27.7. The van der Waals surface area contributed by atoms with Gasteiger partial charge >= 0.3 is 11.9 Å². The van der Waals surface area contributed by atoms with E-state index in [0.29, 0.717) is 16.7 Å². The number of nitrogens with one attached hydrogen (secondary N) is 1. The lowest BCUT2D eigenvalue weighted by Gasteiger charge is -2.09. The van der Waals surface area contributed by atoms with Crippen molar-refractivity contribution >= 4 is 17.0 Å². The lowest BCUT2D eigenvalue weighted by atomic mass is 10.3. The van der Waals surface area contributed by atoms with Crippen LogP contribution in [0, 0.1) is 0 Å². The number of oxazole rings is 1. The van der Waals surface area contributed by atoms with Crippen LogP contribution < -0.4 is 15.8 Å². The third kappa shape index (κ3) is 4.87. The van der Waals surface area contributed by atoms with E-state index in [4.69, 9.17) is 4.42 Å². The average Bonchev–Trinajstić information content (AvgIpc) is 2.94. The molecular weight excluding hydrogens is 367 g/mol. The topological polar surface area (TPSA) is 86.4 Å². The summed E-state index contributed by atoms with van der Waals surface area (Å²) in [6, 6.07) is 9.49. The van der Waals surface area contributed by atoms with Gasteiger partial charge in [0, 0.05) is 18.8 Å². The first-order valence-corrected chi connectivity index (χ1v) is 7.81. The van der Waals surface area contributed by atoms with Crippen molar-refractivity contribution in [1.82, 2.24) is 14.9 Å². The maximum Gasteiger partial charge on any atom is 0.422 e. The highest BCUT2D eigenvalue weighted by atomic mass is 19.4. The Morgan fingerprint density at radius 3 is 2.70 bits per heavy atom. The van der Waals surface area contributed by atoms with Gasteiger partial charge in [0.25, 0.3) is 0 Å². The van der Waals surface area contributed by atoms with Crippen LogP contribution in [0.3, 0.4) is 0 Å². The highest BCUT2D eigenvalue weighted by Gasteiger charge is 2.28. The predicted octanol–water partition coefficient (Wildman–Crippen LogP) is 2.25. The maximum absolute atomic E-state index is 12.1. The van der Waals surface area contributed by atoms with E-state index in [1.165, 1.54) is 22.9 Å². The number of carbonyl (C=O) groups excluding carboxylic acids is 1. The van der Waals surface area contributed by atoms with E-state index < -0.39 is 24.4 Å². The Morgan fingerprint density at radius 1 is 1.22 bits per heavy atom. The Kier molecular flexibility index (Phi) is 5.15. The van der Waals surface area contributed by atoms with Crippen LogP contribution in [-0.4, -0.2) is 28.2 Å². The van der Waals surface area contributed by atoms with Crippen molar-refractivity contribution in [3.8, 4) is 5.88 Å². The lowest BCUT2D eigenvalue weighted by molar-refractivity contribution is -0.154. The molecule has 0 bridgehead atoms. The quantitative estimate of drug-likeness (QED) is 0.708. The van der Waals surface area contributed by atoms with Crippen molar-refractivity contribution in [1.29, 1.82) is 0 Å². The zero-order valence-electron chi connectivity index (χ0n) is 13.8. The van der Waals surface area contributed by atoms with Crippen LogP contribution in [0.4, 0.5) is 13.2 Å². The zero-order chi connectivity index (χ0) is 19.4. The lowest BCUT2D eigenvalue weighted by Crippen LogP contribution is -2.30. The van der Waals surface area contributed by atoms with Gasteiger partial charge in [-0.25, -0.2) is 9.78 Å². The number of para-hydroxylation sites is 2. The zero-order valence-corrected chi connectivity index (χ0v) is 13.8. The van der Waals surface area contributed by atoms with Gasteiger partial charge in [0.1, 0.15) is 6.54 Å². The molecule has 2 aromatic heterocycles. The van der Waals surface area contributed by atoms with Crippen molar-refractivity contribution in [3.05, 3.63) is 58.7 Å². The molecule has 10 heteroatoms. The molecule has 0 saturated carbocycles. The van der Waals surface area contributed by atoms with E-state index in [-0.39, 0.29) is 19.0 Å². The van der Waals surface area contributed by atoms with Gasteiger partial charge in [-0.1, -0.05) is 18.2 Å². The van der Waals surface area contributed by atoms with Crippen LogP contribution in [0.1, 0.15) is 5.56 Å². The normalized spacial score (nSPS) is 11.5. The third-order valence-electron chi connectivity index (χ3n) is 3.55. The molecule has 7 nitrogen and oxygen atoms in total. The molecular formula is C17H14F3N3O4. The standard InChI is InChI=1S/C17H14F3N3O4/c18-17(19,20)10-26-15-6-5-11(8-22-15)7-21-14(24)9-23-12-3-1-2-4-13(12)27-16(23)25/h1-6,8H,7,9-10H2,(H,21,24). The highest BCUT2D eigenvalue weighted by molar-refractivity contribution is 5.79. The number of alkyl halides is 3. The molecule has 0 unspecified atom stereocenters. The van der Waals surface area contributed by atoms with E-state index >= 15 is 0 Å². The molecule has 0 fully saturated rings. The van der Waals surface area contributed by atoms with Gasteiger partial charge in [-0.3, -0.25) is 9.36 Å². The molecule has 3 rings (SSSR count). The van der Waals surface area contributed by atoms with Gasteiger partial charge in [0.15, 0.2) is 12.2 Å². The van der Waals surface area contributed by atoms with Crippen LogP contribution in [-0.2, 0) is 17.9 Å². The minimum absolute atomic E-state index is 0.0932. The summed E-state index contributed by atoms with van der Waals surface area (Å²) in [6.07, 6.45) is -3.14. The second kappa shape index (κ2) is 7.52. The Morgan fingerprint density at radius 2 is 2.00 bits per heavy atom. The van der Waals surface area contributed by atoms with Crippen LogP contribution in [0.2, 0.25) is 0 Å². The molecule has 142 valence electrons. The van der Waals surface area contributed by atoms with Gasteiger partial charge in [-0.05, 0) is 17.7 Å². The smallest absolute Gasteiger partial charge is 0.422 e. The Balaban J connectivity index is 1.56. The fourth-order valence-corrected chi connectivity index (χ4v) is 2.32.